The van der Waals surface area contributed by atoms with E-state index in [2.05, 4.69) is 4.98 Å². The first-order valence-electron chi connectivity index (χ1n) is 5.41. The molecule has 1 aliphatic heterocycles. The van der Waals surface area contributed by atoms with Gasteiger partial charge in [0.15, 0.2) is 0 Å². The molecule has 1 aromatic rings. The maximum Gasteiger partial charge on any atom is 0.373 e. The Morgan fingerprint density at radius 1 is 1.56 bits per heavy atom. The van der Waals surface area contributed by atoms with Crippen molar-refractivity contribution in [1.82, 2.24) is 4.98 Å². The van der Waals surface area contributed by atoms with E-state index in [1.54, 1.807) is 0 Å². The largest absolute Gasteiger partial charge is 0.475 e. The molecule has 0 amide bonds. The van der Waals surface area contributed by atoms with Gasteiger partial charge in [-0.25, -0.2) is 9.78 Å². The molecule has 2 heterocycles. The molecule has 1 fully saturated rings. The van der Waals surface area contributed by atoms with Crippen LogP contribution in [0.25, 0.3) is 0 Å². The Hall–Kier alpha value is -1.36. The molecule has 1 unspecified atom stereocenters. The lowest BCUT2D eigenvalue weighted by Gasteiger charge is -1.99. The number of oxazole rings is 1. The van der Waals surface area contributed by atoms with Gasteiger partial charge in [0.2, 0.25) is 11.7 Å². The zero-order valence-electron chi connectivity index (χ0n) is 9.40. The fraction of sp³-hybridized carbons (Fsp3) is 0.636. The summed E-state index contributed by atoms with van der Waals surface area (Å²) in [4.78, 5) is 15.3. The first-order chi connectivity index (χ1) is 7.59. The molecule has 0 aliphatic carbocycles. The zero-order chi connectivity index (χ0) is 11.7. The lowest BCUT2D eigenvalue weighted by atomic mass is 10.1. The minimum absolute atomic E-state index is 0.0306. The van der Waals surface area contributed by atoms with Crippen LogP contribution in [0.15, 0.2) is 4.42 Å². The van der Waals surface area contributed by atoms with Crippen molar-refractivity contribution in [2.75, 3.05) is 13.2 Å². The number of nitrogens with zero attached hydrogens (tertiary/aromatic N) is 1. The molecule has 5 nitrogen and oxygen atoms in total. The molecule has 1 aliphatic rings. The van der Waals surface area contributed by atoms with Crippen LogP contribution in [0.5, 0.6) is 0 Å². The van der Waals surface area contributed by atoms with Crippen LogP contribution in [0.2, 0.25) is 0 Å². The Bertz CT molecular complexity index is 391. The zero-order valence-corrected chi connectivity index (χ0v) is 9.40. The van der Waals surface area contributed by atoms with Crippen LogP contribution in [-0.4, -0.2) is 29.3 Å². The quantitative estimate of drug-likeness (QED) is 0.851. The molecule has 16 heavy (non-hydrogen) atoms. The number of ether oxygens (including phenoxy) is 1. The maximum atomic E-state index is 11.0. The highest BCUT2D eigenvalue weighted by molar-refractivity contribution is 5.85. The topological polar surface area (TPSA) is 72.6 Å². The molecule has 88 valence electrons. The van der Waals surface area contributed by atoms with Crippen molar-refractivity contribution < 1.29 is 19.1 Å². The molecule has 2 rings (SSSR count). The number of hydrogen-bond acceptors (Lipinski definition) is 4. The number of carboxylic acid groups (broad SMARTS) is 1. The molecule has 0 spiro atoms. The molecule has 0 saturated carbocycles. The summed E-state index contributed by atoms with van der Waals surface area (Å²) in [5.74, 6) is -0.437. The monoisotopic (exact) mass is 225 g/mol. The molecular formula is C11H15NO4. The van der Waals surface area contributed by atoms with Gasteiger partial charge in [-0.05, 0) is 12.3 Å². The van der Waals surface area contributed by atoms with Crippen LogP contribution in [0.1, 0.15) is 54.2 Å². The number of aromatic carboxylic acids is 1. The van der Waals surface area contributed by atoms with Crippen molar-refractivity contribution in [2.24, 2.45) is 0 Å². The first kappa shape index (κ1) is 11.1. The Balaban J connectivity index is 2.34. The van der Waals surface area contributed by atoms with Crippen LogP contribution in [0.4, 0.5) is 0 Å². The van der Waals surface area contributed by atoms with E-state index in [0.29, 0.717) is 24.8 Å². The van der Waals surface area contributed by atoms with Crippen molar-refractivity contribution >= 4 is 5.97 Å². The van der Waals surface area contributed by atoms with Crippen LogP contribution in [0.3, 0.4) is 0 Å². The standard InChI is InChI=1S/C11H15NO4/c1-6(2)8-9(11(13)14)16-10(12-8)7-3-4-15-5-7/h6-7H,3-5H2,1-2H3,(H,13,14). The van der Waals surface area contributed by atoms with Crippen molar-refractivity contribution in [3.05, 3.63) is 17.3 Å². The number of hydrogen-bond donors (Lipinski definition) is 1. The summed E-state index contributed by atoms with van der Waals surface area (Å²) in [6.07, 6.45) is 0.844. The predicted molar refractivity (Wildman–Crippen MR) is 55.7 cm³/mol. The highest BCUT2D eigenvalue weighted by Crippen LogP contribution is 2.29. The number of carboxylic acids is 1. The van der Waals surface area contributed by atoms with E-state index in [0.717, 1.165) is 6.42 Å². The van der Waals surface area contributed by atoms with Gasteiger partial charge >= 0.3 is 5.97 Å². The number of carbonyl (C=O) groups is 1. The fourth-order valence-corrected chi connectivity index (χ4v) is 1.80. The SMILES string of the molecule is CC(C)c1nc(C2CCOC2)oc1C(=O)O. The van der Waals surface area contributed by atoms with Gasteiger partial charge in [-0.2, -0.15) is 0 Å². The van der Waals surface area contributed by atoms with Gasteiger partial charge in [-0.15, -0.1) is 0 Å². The molecule has 1 aromatic heterocycles. The third kappa shape index (κ3) is 1.95. The molecule has 0 radical (unpaired) electrons. The Morgan fingerprint density at radius 3 is 2.75 bits per heavy atom. The third-order valence-corrected chi connectivity index (χ3v) is 2.69. The van der Waals surface area contributed by atoms with Crippen LogP contribution < -0.4 is 0 Å². The number of rotatable bonds is 3. The van der Waals surface area contributed by atoms with E-state index < -0.39 is 5.97 Å². The van der Waals surface area contributed by atoms with Gasteiger partial charge in [-0.3, -0.25) is 0 Å². The highest BCUT2D eigenvalue weighted by Gasteiger charge is 2.28. The first-order valence-corrected chi connectivity index (χ1v) is 5.41. The third-order valence-electron chi connectivity index (χ3n) is 2.69. The average Bonchev–Trinajstić information content (AvgIpc) is 2.86. The second-order valence-electron chi connectivity index (χ2n) is 4.29. The summed E-state index contributed by atoms with van der Waals surface area (Å²) in [6, 6.07) is 0. The second kappa shape index (κ2) is 4.25. The minimum atomic E-state index is -1.05. The molecular weight excluding hydrogens is 210 g/mol. The van der Waals surface area contributed by atoms with Crippen molar-refractivity contribution in [3.63, 3.8) is 0 Å². The molecule has 1 atom stereocenters. The van der Waals surface area contributed by atoms with E-state index in [1.165, 1.54) is 0 Å². The summed E-state index contributed by atoms with van der Waals surface area (Å²) < 4.78 is 10.6. The lowest BCUT2D eigenvalue weighted by Crippen LogP contribution is -2.01. The number of aromatic nitrogens is 1. The summed E-state index contributed by atoms with van der Waals surface area (Å²) in [6.45, 7) is 5.06. The molecule has 0 bridgehead atoms. The fourth-order valence-electron chi connectivity index (χ4n) is 1.80. The Labute approximate surface area is 93.4 Å². The van der Waals surface area contributed by atoms with Crippen molar-refractivity contribution in [2.45, 2.75) is 32.1 Å². The van der Waals surface area contributed by atoms with E-state index in [9.17, 15) is 4.79 Å². The summed E-state index contributed by atoms with van der Waals surface area (Å²) >= 11 is 0. The molecule has 0 aromatic carbocycles. The summed E-state index contributed by atoms with van der Waals surface area (Å²) in [5, 5.41) is 9.01. The summed E-state index contributed by atoms with van der Waals surface area (Å²) in [5.41, 5.74) is 0.523. The van der Waals surface area contributed by atoms with Crippen molar-refractivity contribution in [1.29, 1.82) is 0 Å². The van der Waals surface area contributed by atoms with Gasteiger partial charge in [0, 0.05) is 6.61 Å². The van der Waals surface area contributed by atoms with E-state index in [-0.39, 0.29) is 17.6 Å². The average molecular weight is 225 g/mol. The predicted octanol–water partition coefficient (Wildman–Crippen LogP) is 2.00. The highest BCUT2D eigenvalue weighted by atomic mass is 16.5. The van der Waals surface area contributed by atoms with E-state index >= 15 is 0 Å². The van der Waals surface area contributed by atoms with Crippen LogP contribution in [0, 0.1) is 0 Å². The molecule has 1 N–H and O–H groups in total. The van der Waals surface area contributed by atoms with Gasteiger partial charge in [0.25, 0.3) is 0 Å². The minimum Gasteiger partial charge on any atom is -0.475 e. The van der Waals surface area contributed by atoms with Gasteiger partial charge in [-0.1, -0.05) is 13.8 Å². The van der Waals surface area contributed by atoms with Crippen LogP contribution >= 0.6 is 0 Å². The van der Waals surface area contributed by atoms with Gasteiger partial charge < -0.3 is 14.3 Å². The normalized spacial score (nSPS) is 20.6. The molecule has 1 saturated heterocycles. The lowest BCUT2D eigenvalue weighted by molar-refractivity contribution is 0.0657. The Kier molecular flexibility index (Phi) is 2.96. The maximum absolute atomic E-state index is 11.0. The van der Waals surface area contributed by atoms with Gasteiger partial charge in [0.1, 0.15) is 0 Å². The smallest absolute Gasteiger partial charge is 0.373 e. The van der Waals surface area contributed by atoms with Crippen LogP contribution in [-0.2, 0) is 4.74 Å². The second-order valence-corrected chi connectivity index (χ2v) is 4.29. The molecule has 5 heteroatoms. The Morgan fingerprint density at radius 2 is 2.31 bits per heavy atom. The summed E-state index contributed by atoms with van der Waals surface area (Å²) in [7, 11) is 0. The van der Waals surface area contributed by atoms with Crippen molar-refractivity contribution in [3.8, 4) is 0 Å². The van der Waals surface area contributed by atoms with E-state index in [1.807, 2.05) is 13.8 Å². The van der Waals surface area contributed by atoms with Gasteiger partial charge in [0.05, 0.1) is 18.2 Å². The van der Waals surface area contributed by atoms with E-state index in [4.69, 9.17) is 14.3 Å².